The number of alkyl halides is 2. The first-order chi connectivity index (χ1) is 9.54. The maximum absolute atomic E-state index is 13.1. The van der Waals surface area contributed by atoms with E-state index in [1.807, 2.05) is 13.0 Å². The van der Waals surface area contributed by atoms with Gasteiger partial charge in [0.25, 0.3) is 0 Å². The molecule has 2 aromatic carbocycles. The van der Waals surface area contributed by atoms with E-state index in [-0.39, 0.29) is 17.6 Å². The first kappa shape index (κ1) is 14.2. The third-order valence-electron chi connectivity index (χ3n) is 2.81. The number of benzene rings is 2. The molecule has 0 aliphatic heterocycles. The summed E-state index contributed by atoms with van der Waals surface area (Å²) in [4.78, 5) is 0. The summed E-state index contributed by atoms with van der Waals surface area (Å²) in [5.74, 6) is -0.194. The van der Waals surface area contributed by atoms with E-state index in [1.165, 1.54) is 24.3 Å². The Balaban J connectivity index is 2.02. The Morgan fingerprint density at radius 2 is 1.75 bits per heavy atom. The van der Waals surface area contributed by atoms with E-state index in [4.69, 9.17) is 0 Å². The van der Waals surface area contributed by atoms with Gasteiger partial charge in [-0.05, 0) is 48.9 Å². The highest BCUT2D eigenvalue weighted by Crippen LogP contribution is 2.22. The molecule has 0 bridgehead atoms. The molecule has 5 heteroatoms. The van der Waals surface area contributed by atoms with Crippen LogP contribution in [0.3, 0.4) is 0 Å². The third kappa shape index (κ3) is 3.91. The molecule has 0 spiro atoms. The molecule has 0 amide bonds. The Kier molecular flexibility index (Phi) is 4.50. The second-order valence-electron chi connectivity index (χ2n) is 4.32. The number of hydrogen-bond donors (Lipinski definition) is 1. The molecule has 0 aliphatic rings. The topological polar surface area (TPSA) is 21.3 Å². The van der Waals surface area contributed by atoms with Crippen LogP contribution in [0.5, 0.6) is 5.75 Å². The van der Waals surface area contributed by atoms with Crippen LogP contribution in [0.2, 0.25) is 0 Å². The van der Waals surface area contributed by atoms with Crippen LogP contribution in [0.4, 0.5) is 18.9 Å². The van der Waals surface area contributed by atoms with Crippen LogP contribution >= 0.6 is 0 Å². The standard InChI is InChI=1S/C15H14F3NO/c1-10(11-3-2-4-12(16)9-11)19-13-5-7-14(8-6-13)20-15(17)18/h2-10,15,19H,1H3. The molecule has 0 aromatic heterocycles. The van der Waals surface area contributed by atoms with Crippen LogP contribution in [0, 0.1) is 5.82 Å². The van der Waals surface area contributed by atoms with Crippen molar-refractivity contribution in [2.24, 2.45) is 0 Å². The monoisotopic (exact) mass is 281 g/mol. The van der Waals surface area contributed by atoms with Gasteiger partial charge in [-0.25, -0.2) is 4.39 Å². The van der Waals surface area contributed by atoms with E-state index in [9.17, 15) is 13.2 Å². The molecule has 2 nitrogen and oxygen atoms in total. The maximum Gasteiger partial charge on any atom is 0.387 e. The van der Waals surface area contributed by atoms with Crippen molar-refractivity contribution < 1.29 is 17.9 Å². The van der Waals surface area contributed by atoms with Crippen molar-refractivity contribution in [1.29, 1.82) is 0 Å². The Hall–Kier alpha value is -2.17. The zero-order valence-corrected chi connectivity index (χ0v) is 10.8. The van der Waals surface area contributed by atoms with Crippen LogP contribution in [0.1, 0.15) is 18.5 Å². The van der Waals surface area contributed by atoms with Crippen molar-refractivity contribution in [2.75, 3.05) is 5.32 Å². The minimum absolute atomic E-state index is 0.101. The lowest BCUT2D eigenvalue weighted by molar-refractivity contribution is -0.0498. The molecule has 0 heterocycles. The zero-order valence-electron chi connectivity index (χ0n) is 10.8. The molecular formula is C15H14F3NO. The van der Waals surface area contributed by atoms with Crippen molar-refractivity contribution in [3.05, 3.63) is 59.9 Å². The second-order valence-corrected chi connectivity index (χ2v) is 4.32. The van der Waals surface area contributed by atoms with Gasteiger partial charge in [-0.3, -0.25) is 0 Å². The maximum atomic E-state index is 13.1. The summed E-state index contributed by atoms with van der Waals surface area (Å²) in [5, 5.41) is 3.16. The molecule has 1 atom stereocenters. The number of halogens is 3. The third-order valence-corrected chi connectivity index (χ3v) is 2.81. The summed E-state index contributed by atoms with van der Waals surface area (Å²) in [7, 11) is 0. The molecule has 1 unspecified atom stereocenters. The van der Waals surface area contributed by atoms with E-state index in [1.54, 1.807) is 18.2 Å². The first-order valence-electron chi connectivity index (χ1n) is 6.11. The number of anilines is 1. The van der Waals surface area contributed by atoms with Gasteiger partial charge in [0.05, 0.1) is 0 Å². The molecular weight excluding hydrogens is 267 g/mol. The quantitative estimate of drug-likeness (QED) is 0.864. The van der Waals surface area contributed by atoms with E-state index in [0.29, 0.717) is 0 Å². The zero-order chi connectivity index (χ0) is 14.5. The highest BCUT2D eigenvalue weighted by atomic mass is 19.3. The Bertz CT molecular complexity index is 557. The van der Waals surface area contributed by atoms with Crippen LogP contribution in [0.25, 0.3) is 0 Å². The van der Waals surface area contributed by atoms with Gasteiger partial charge >= 0.3 is 6.61 Å². The molecule has 0 saturated carbocycles. The molecule has 20 heavy (non-hydrogen) atoms. The van der Waals surface area contributed by atoms with Gasteiger partial charge < -0.3 is 10.1 Å². The van der Waals surface area contributed by atoms with Crippen molar-refractivity contribution in [2.45, 2.75) is 19.6 Å². The lowest BCUT2D eigenvalue weighted by Crippen LogP contribution is -2.07. The Morgan fingerprint density at radius 1 is 1.05 bits per heavy atom. The lowest BCUT2D eigenvalue weighted by Gasteiger charge is -2.16. The fourth-order valence-electron chi connectivity index (χ4n) is 1.84. The first-order valence-corrected chi connectivity index (χ1v) is 6.11. The fourth-order valence-corrected chi connectivity index (χ4v) is 1.84. The summed E-state index contributed by atoms with van der Waals surface area (Å²) in [6.45, 7) is -0.946. The second kappa shape index (κ2) is 6.32. The van der Waals surface area contributed by atoms with Gasteiger partial charge in [0.1, 0.15) is 11.6 Å². The summed E-state index contributed by atoms with van der Waals surface area (Å²) < 4.78 is 41.4. The van der Waals surface area contributed by atoms with E-state index in [2.05, 4.69) is 10.1 Å². The van der Waals surface area contributed by atoms with Crippen LogP contribution in [-0.2, 0) is 0 Å². The molecule has 0 radical (unpaired) electrons. The van der Waals surface area contributed by atoms with E-state index in [0.717, 1.165) is 11.3 Å². The van der Waals surface area contributed by atoms with Crippen LogP contribution < -0.4 is 10.1 Å². The minimum Gasteiger partial charge on any atom is -0.435 e. The summed E-state index contributed by atoms with van der Waals surface area (Å²) in [5.41, 5.74) is 1.54. The number of ether oxygens (including phenoxy) is 1. The van der Waals surface area contributed by atoms with Crippen molar-refractivity contribution in [1.82, 2.24) is 0 Å². The average molecular weight is 281 g/mol. The minimum atomic E-state index is -2.83. The Labute approximate surface area is 115 Å². The molecule has 0 saturated heterocycles. The van der Waals surface area contributed by atoms with Crippen LogP contribution in [-0.4, -0.2) is 6.61 Å². The van der Waals surface area contributed by atoms with Gasteiger partial charge in [0.2, 0.25) is 0 Å². The predicted molar refractivity (Wildman–Crippen MR) is 71.5 cm³/mol. The molecule has 2 aromatic rings. The number of nitrogens with one attached hydrogen (secondary N) is 1. The van der Waals surface area contributed by atoms with Crippen molar-refractivity contribution >= 4 is 5.69 Å². The van der Waals surface area contributed by atoms with Crippen molar-refractivity contribution in [3.63, 3.8) is 0 Å². The van der Waals surface area contributed by atoms with Gasteiger partial charge in [0, 0.05) is 11.7 Å². The number of hydrogen-bond acceptors (Lipinski definition) is 2. The van der Waals surface area contributed by atoms with Gasteiger partial charge in [-0.2, -0.15) is 8.78 Å². The summed E-state index contributed by atoms with van der Waals surface area (Å²) in [6, 6.07) is 12.4. The molecule has 0 aliphatic carbocycles. The van der Waals surface area contributed by atoms with E-state index < -0.39 is 6.61 Å². The van der Waals surface area contributed by atoms with Crippen molar-refractivity contribution in [3.8, 4) is 5.75 Å². The fraction of sp³-hybridized carbons (Fsp3) is 0.200. The largest absolute Gasteiger partial charge is 0.435 e. The molecule has 1 N–H and O–H groups in total. The SMILES string of the molecule is CC(Nc1ccc(OC(F)F)cc1)c1cccc(F)c1. The smallest absolute Gasteiger partial charge is 0.387 e. The highest BCUT2D eigenvalue weighted by molar-refractivity contribution is 5.48. The Morgan fingerprint density at radius 3 is 2.35 bits per heavy atom. The lowest BCUT2D eigenvalue weighted by atomic mass is 10.1. The number of rotatable bonds is 5. The normalized spacial score (nSPS) is 12.2. The summed E-state index contributed by atoms with van der Waals surface area (Å²) in [6.07, 6.45) is 0. The molecule has 106 valence electrons. The van der Waals surface area contributed by atoms with E-state index >= 15 is 0 Å². The highest BCUT2D eigenvalue weighted by Gasteiger charge is 2.07. The molecule has 2 rings (SSSR count). The average Bonchev–Trinajstić information content (AvgIpc) is 2.40. The van der Waals surface area contributed by atoms with Gasteiger partial charge in [-0.15, -0.1) is 0 Å². The summed E-state index contributed by atoms with van der Waals surface area (Å²) >= 11 is 0. The van der Waals surface area contributed by atoms with Gasteiger partial charge in [0.15, 0.2) is 0 Å². The van der Waals surface area contributed by atoms with Crippen LogP contribution in [0.15, 0.2) is 48.5 Å². The molecule has 0 fully saturated rings. The predicted octanol–water partition coefficient (Wildman–Crippen LogP) is 4.60. The van der Waals surface area contributed by atoms with Gasteiger partial charge in [-0.1, -0.05) is 12.1 Å².